The van der Waals surface area contributed by atoms with Gasteiger partial charge in [0.2, 0.25) is 0 Å². The molecule has 0 saturated heterocycles. The summed E-state index contributed by atoms with van der Waals surface area (Å²) in [6.07, 6.45) is 4.09. The largest absolute Gasteiger partial charge is 0.476 e. The van der Waals surface area contributed by atoms with Gasteiger partial charge in [0, 0.05) is 34.7 Å². The Kier molecular flexibility index (Phi) is 5.15. The predicted octanol–water partition coefficient (Wildman–Crippen LogP) is 2.98. The van der Waals surface area contributed by atoms with Crippen molar-refractivity contribution in [3.8, 4) is 0 Å². The first kappa shape index (κ1) is 17.8. The molecule has 1 aromatic carbocycles. The Balaban J connectivity index is 1.74. The van der Waals surface area contributed by atoms with Gasteiger partial charge in [-0.05, 0) is 17.7 Å². The number of aromatic carboxylic acids is 1. The maximum atomic E-state index is 12.2. The minimum Gasteiger partial charge on any atom is -0.476 e. The summed E-state index contributed by atoms with van der Waals surface area (Å²) in [5, 5.41) is 16.8. The van der Waals surface area contributed by atoms with E-state index in [1.165, 1.54) is 12.4 Å². The van der Waals surface area contributed by atoms with E-state index in [2.05, 4.69) is 20.4 Å². The van der Waals surface area contributed by atoms with E-state index in [0.717, 1.165) is 5.56 Å². The Bertz CT molecular complexity index is 990. The molecule has 0 atom stereocenters. The van der Waals surface area contributed by atoms with Gasteiger partial charge in [-0.25, -0.2) is 14.8 Å². The van der Waals surface area contributed by atoms with Crippen LogP contribution in [0.3, 0.4) is 0 Å². The second kappa shape index (κ2) is 7.51. The Morgan fingerprint density at radius 3 is 2.54 bits per heavy atom. The highest BCUT2D eigenvalue weighted by molar-refractivity contribution is 6.35. The van der Waals surface area contributed by atoms with Gasteiger partial charge in [0.1, 0.15) is 0 Å². The minimum atomic E-state index is -1.34. The molecule has 0 aliphatic heterocycles. The molecule has 0 aliphatic rings. The van der Waals surface area contributed by atoms with Gasteiger partial charge >= 0.3 is 5.97 Å². The van der Waals surface area contributed by atoms with Crippen molar-refractivity contribution in [1.29, 1.82) is 0 Å². The van der Waals surface area contributed by atoms with Crippen LogP contribution in [0.4, 0.5) is 5.82 Å². The van der Waals surface area contributed by atoms with Crippen molar-refractivity contribution in [2.45, 2.75) is 6.54 Å². The zero-order chi connectivity index (χ0) is 18.7. The molecule has 26 heavy (non-hydrogen) atoms. The molecule has 0 radical (unpaired) electrons. The van der Waals surface area contributed by atoms with Crippen molar-refractivity contribution in [2.24, 2.45) is 0 Å². The van der Waals surface area contributed by atoms with Crippen molar-refractivity contribution in [2.75, 3.05) is 5.32 Å². The number of aromatic nitrogens is 4. The summed E-state index contributed by atoms with van der Waals surface area (Å²) in [5.41, 5.74) is 0.0757. The molecule has 3 rings (SSSR count). The first-order valence-corrected chi connectivity index (χ1v) is 8.02. The van der Waals surface area contributed by atoms with E-state index in [1.54, 1.807) is 35.1 Å². The third kappa shape index (κ3) is 3.98. The van der Waals surface area contributed by atoms with Gasteiger partial charge in [0.15, 0.2) is 17.2 Å². The molecule has 1 amide bonds. The summed E-state index contributed by atoms with van der Waals surface area (Å²) < 4.78 is 1.57. The second-order valence-electron chi connectivity index (χ2n) is 5.15. The lowest BCUT2D eigenvalue weighted by Gasteiger charge is -2.06. The molecule has 10 heteroatoms. The van der Waals surface area contributed by atoms with Crippen LogP contribution in [-0.4, -0.2) is 36.7 Å². The Morgan fingerprint density at radius 1 is 1.12 bits per heavy atom. The van der Waals surface area contributed by atoms with Crippen LogP contribution < -0.4 is 5.32 Å². The predicted molar refractivity (Wildman–Crippen MR) is 94.7 cm³/mol. The Morgan fingerprint density at radius 2 is 1.85 bits per heavy atom. The monoisotopic (exact) mass is 391 g/mol. The summed E-state index contributed by atoms with van der Waals surface area (Å²) in [7, 11) is 0. The molecule has 0 fully saturated rings. The molecule has 0 unspecified atom stereocenters. The molecule has 0 bridgehead atoms. The Labute approximate surface area is 157 Å². The van der Waals surface area contributed by atoms with E-state index in [-0.39, 0.29) is 11.5 Å². The zero-order valence-electron chi connectivity index (χ0n) is 13.1. The van der Waals surface area contributed by atoms with E-state index < -0.39 is 17.6 Å². The molecule has 0 aliphatic carbocycles. The van der Waals surface area contributed by atoms with E-state index >= 15 is 0 Å². The fourth-order valence-corrected chi connectivity index (χ4v) is 2.65. The van der Waals surface area contributed by atoms with Gasteiger partial charge in [-0.1, -0.05) is 29.3 Å². The van der Waals surface area contributed by atoms with Crippen molar-refractivity contribution in [3.63, 3.8) is 0 Å². The third-order valence-electron chi connectivity index (χ3n) is 3.35. The third-order valence-corrected chi connectivity index (χ3v) is 3.93. The number of amides is 1. The lowest BCUT2D eigenvalue weighted by atomic mass is 10.2. The summed E-state index contributed by atoms with van der Waals surface area (Å²) in [6.45, 7) is 0.372. The number of carboxylic acids is 1. The van der Waals surface area contributed by atoms with Crippen molar-refractivity contribution >= 4 is 40.9 Å². The lowest BCUT2D eigenvalue weighted by molar-refractivity contribution is 0.0685. The molecule has 0 spiro atoms. The maximum Gasteiger partial charge on any atom is 0.356 e. The highest BCUT2D eigenvalue weighted by Gasteiger charge is 2.20. The highest BCUT2D eigenvalue weighted by Crippen LogP contribution is 2.22. The molecule has 2 heterocycles. The van der Waals surface area contributed by atoms with E-state index in [4.69, 9.17) is 28.3 Å². The SMILES string of the molecule is O=C(O)c1nccnc1C(=O)Nc1ccn(Cc2ccc(Cl)cc2Cl)n1. The van der Waals surface area contributed by atoms with Crippen LogP contribution in [0, 0.1) is 0 Å². The van der Waals surface area contributed by atoms with Gasteiger partial charge in [-0.15, -0.1) is 0 Å². The fraction of sp³-hybridized carbons (Fsp3) is 0.0625. The van der Waals surface area contributed by atoms with Crippen molar-refractivity contribution in [1.82, 2.24) is 19.7 Å². The molecule has 132 valence electrons. The van der Waals surface area contributed by atoms with E-state index in [9.17, 15) is 9.59 Å². The number of carboxylic acid groups (broad SMARTS) is 1. The molecular formula is C16H11Cl2N5O3. The minimum absolute atomic E-state index is 0.238. The van der Waals surface area contributed by atoms with Gasteiger partial charge in [0.25, 0.3) is 5.91 Å². The molecule has 2 N–H and O–H groups in total. The number of nitrogens with zero attached hydrogens (tertiary/aromatic N) is 4. The standard InChI is InChI=1S/C16H11Cl2N5O3/c17-10-2-1-9(11(18)7-10)8-23-6-3-12(22-23)21-15(24)13-14(16(25)26)20-5-4-19-13/h1-7H,8H2,(H,25,26)(H,21,22,24). The van der Waals surface area contributed by atoms with Crippen molar-refractivity contribution < 1.29 is 14.7 Å². The van der Waals surface area contributed by atoms with Crippen LogP contribution in [0.2, 0.25) is 10.0 Å². The van der Waals surface area contributed by atoms with Crippen LogP contribution in [0.15, 0.2) is 42.9 Å². The average molecular weight is 392 g/mol. The molecule has 3 aromatic rings. The van der Waals surface area contributed by atoms with E-state index in [1.807, 2.05) is 0 Å². The van der Waals surface area contributed by atoms with Crippen LogP contribution in [-0.2, 0) is 6.54 Å². The normalized spacial score (nSPS) is 10.5. The number of hydrogen-bond acceptors (Lipinski definition) is 5. The zero-order valence-corrected chi connectivity index (χ0v) is 14.6. The van der Waals surface area contributed by atoms with Gasteiger partial charge in [-0.3, -0.25) is 9.48 Å². The first-order valence-electron chi connectivity index (χ1n) is 7.27. The van der Waals surface area contributed by atoms with Crippen LogP contribution in [0.25, 0.3) is 0 Å². The topological polar surface area (TPSA) is 110 Å². The Hall–Kier alpha value is -2.97. The molecule has 2 aromatic heterocycles. The molecule has 8 nitrogen and oxygen atoms in total. The smallest absolute Gasteiger partial charge is 0.356 e. The number of nitrogens with one attached hydrogen (secondary N) is 1. The van der Waals surface area contributed by atoms with Gasteiger partial charge in [-0.2, -0.15) is 5.10 Å². The first-order chi connectivity index (χ1) is 12.4. The lowest BCUT2D eigenvalue weighted by Crippen LogP contribution is -2.19. The summed E-state index contributed by atoms with van der Waals surface area (Å²) in [6, 6.07) is 6.70. The molecular weight excluding hydrogens is 381 g/mol. The van der Waals surface area contributed by atoms with Gasteiger partial charge < -0.3 is 10.4 Å². The number of anilines is 1. The number of halogens is 2. The second-order valence-corrected chi connectivity index (χ2v) is 5.99. The van der Waals surface area contributed by atoms with Crippen LogP contribution in [0.1, 0.15) is 26.5 Å². The van der Waals surface area contributed by atoms with Gasteiger partial charge in [0.05, 0.1) is 6.54 Å². The highest BCUT2D eigenvalue weighted by atomic mass is 35.5. The number of rotatable bonds is 5. The summed E-state index contributed by atoms with van der Waals surface area (Å²) >= 11 is 12.0. The number of hydrogen-bond donors (Lipinski definition) is 2. The number of carbonyl (C=O) groups is 2. The van der Waals surface area contributed by atoms with Crippen LogP contribution in [0.5, 0.6) is 0 Å². The van der Waals surface area contributed by atoms with Crippen LogP contribution >= 0.6 is 23.2 Å². The fourth-order valence-electron chi connectivity index (χ4n) is 2.18. The van der Waals surface area contributed by atoms with E-state index in [0.29, 0.717) is 16.6 Å². The number of benzene rings is 1. The molecule has 0 saturated carbocycles. The summed E-state index contributed by atoms with van der Waals surface area (Å²) in [4.78, 5) is 30.8. The average Bonchev–Trinajstić information content (AvgIpc) is 3.04. The number of carbonyl (C=O) groups excluding carboxylic acids is 1. The van der Waals surface area contributed by atoms with Crippen molar-refractivity contribution in [3.05, 3.63) is 69.9 Å². The summed E-state index contributed by atoms with van der Waals surface area (Å²) in [5.74, 6) is -1.82. The quantitative estimate of drug-likeness (QED) is 0.691. The maximum absolute atomic E-state index is 12.2.